The smallest absolute Gasteiger partial charge is 0.217 e. The first kappa shape index (κ1) is 14.0. The molecule has 0 bridgehead atoms. The van der Waals surface area contributed by atoms with Crippen LogP contribution in [0.3, 0.4) is 0 Å². The van der Waals surface area contributed by atoms with Gasteiger partial charge in [-0.1, -0.05) is 12.2 Å². The molecule has 0 aliphatic carbocycles. The second-order valence-corrected chi connectivity index (χ2v) is 3.75. The molecule has 0 atom stereocenters. The van der Waals surface area contributed by atoms with Crippen molar-refractivity contribution in [1.82, 2.24) is 5.32 Å². The van der Waals surface area contributed by atoms with Crippen LogP contribution in [0.2, 0.25) is 0 Å². The van der Waals surface area contributed by atoms with E-state index in [1.54, 1.807) is 0 Å². The largest absolute Gasteiger partial charge is 0.380 e. The van der Waals surface area contributed by atoms with Gasteiger partial charge in [0, 0.05) is 13.0 Å². The molecule has 0 radical (unpaired) electrons. The molecule has 0 aliphatic heterocycles. The van der Waals surface area contributed by atoms with Crippen LogP contribution in [0.4, 0.5) is 0 Å². The van der Waals surface area contributed by atoms with E-state index in [9.17, 15) is 4.79 Å². The number of nitrogens with zero attached hydrogens (tertiary/aromatic N) is 1. The number of carbonyl (C=O) groups excluding carboxylic acids is 1. The summed E-state index contributed by atoms with van der Waals surface area (Å²) in [6.07, 6.45) is 3.78. The Morgan fingerprint density at radius 2 is 2.07 bits per heavy atom. The maximum atomic E-state index is 10.4. The van der Waals surface area contributed by atoms with Crippen LogP contribution in [0.5, 0.6) is 0 Å². The van der Waals surface area contributed by atoms with Crippen molar-refractivity contribution < 1.29 is 4.79 Å². The number of thiocarbonyl (C=S) groups is 1. The number of unbranched alkanes of at least 4 members (excludes halogenated alkanes) is 1. The molecule has 1 amide bonds. The van der Waals surface area contributed by atoms with Crippen molar-refractivity contribution in [2.24, 2.45) is 10.8 Å². The fourth-order valence-corrected chi connectivity index (χ4v) is 1.30. The standard InChI is InChI=1S/C9H18N4OS/c10-8(14)4-3-6-12-9(15)5-1-2-7-13-11/h11H,1-7H2,(H2,10,14)(H,12,15). The van der Waals surface area contributed by atoms with Crippen LogP contribution in [0, 0.1) is 5.53 Å². The molecule has 0 saturated heterocycles. The van der Waals surface area contributed by atoms with Gasteiger partial charge in [0.2, 0.25) is 5.91 Å². The monoisotopic (exact) mass is 230 g/mol. The number of primary amides is 1. The van der Waals surface area contributed by atoms with E-state index in [1.165, 1.54) is 0 Å². The summed E-state index contributed by atoms with van der Waals surface area (Å²) in [7, 11) is 0. The quantitative estimate of drug-likeness (QED) is 0.317. The van der Waals surface area contributed by atoms with Crippen molar-refractivity contribution in [3.63, 3.8) is 0 Å². The minimum atomic E-state index is -0.278. The minimum Gasteiger partial charge on any atom is -0.380 e. The second-order valence-electron chi connectivity index (χ2n) is 3.26. The maximum absolute atomic E-state index is 10.4. The Labute approximate surface area is 95.3 Å². The Morgan fingerprint density at radius 3 is 2.67 bits per heavy atom. The van der Waals surface area contributed by atoms with Gasteiger partial charge in [0.1, 0.15) is 0 Å². The minimum absolute atomic E-state index is 0.278. The Balaban J connectivity index is 3.25. The lowest BCUT2D eigenvalue weighted by Gasteiger charge is -2.06. The molecule has 86 valence electrons. The lowest BCUT2D eigenvalue weighted by atomic mass is 10.2. The van der Waals surface area contributed by atoms with Crippen LogP contribution in [0.25, 0.3) is 0 Å². The van der Waals surface area contributed by atoms with Crippen LogP contribution in [0.1, 0.15) is 32.1 Å². The first-order valence-corrected chi connectivity index (χ1v) is 5.46. The van der Waals surface area contributed by atoms with E-state index in [2.05, 4.69) is 10.4 Å². The fourth-order valence-electron chi connectivity index (χ4n) is 1.06. The van der Waals surface area contributed by atoms with Gasteiger partial charge in [0.15, 0.2) is 0 Å². The third-order valence-corrected chi connectivity index (χ3v) is 2.19. The van der Waals surface area contributed by atoms with E-state index in [4.69, 9.17) is 23.5 Å². The molecular weight excluding hydrogens is 212 g/mol. The molecule has 0 aliphatic rings. The number of rotatable bonds is 9. The lowest BCUT2D eigenvalue weighted by molar-refractivity contribution is -0.118. The Morgan fingerprint density at radius 1 is 1.33 bits per heavy atom. The maximum Gasteiger partial charge on any atom is 0.217 e. The molecule has 0 spiro atoms. The van der Waals surface area contributed by atoms with Crippen LogP contribution < -0.4 is 11.1 Å². The van der Waals surface area contributed by atoms with Crippen molar-refractivity contribution in [2.45, 2.75) is 32.1 Å². The van der Waals surface area contributed by atoms with E-state index < -0.39 is 0 Å². The number of hydrogen-bond acceptors (Lipinski definition) is 4. The zero-order valence-electron chi connectivity index (χ0n) is 8.79. The molecule has 6 heteroatoms. The van der Waals surface area contributed by atoms with Gasteiger partial charge in [-0.25, -0.2) is 5.53 Å². The van der Waals surface area contributed by atoms with Crippen LogP contribution in [-0.2, 0) is 4.79 Å². The highest BCUT2D eigenvalue weighted by atomic mass is 32.1. The highest BCUT2D eigenvalue weighted by molar-refractivity contribution is 7.80. The average molecular weight is 230 g/mol. The molecule has 4 N–H and O–H groups in total. The van der Waals surface area contributed by atoms with E-state index in [1.807, 2.05) is 0 Å². The topological polar surface area (TPSA) is 91.3 Å². The summed E-state index contributed by atoms with van der Waals surface area (Å²) in [6, 6.07) is 0. The molecule has 0 aromatic heterocycles. The van der Waals surface area contributed by atoms with Gasteiger partial charge >= 0.3 is 0 Å². The summed E-state index contributed by atoms with van der Waals surface area (Å²) in [5, 5.41) is 6.32. The highest BCUT2D eigenvalue weighted by Gasteiger charge is 1.97. The average Bonchev–Trinajstić information content (AvgIpc) is 2.19. The van der Waals surface area contributed by atoms with Crippen LogP contribution in [0.15, 0.2) is 5.11 Å². The van der Waals surface area contributed by atoms with Gasteiger partial charge in [-0.3, -0.25) is 4.79 Å². The SMILES string of the molecule is N=NCCCCC(=S)NCCCC(N)=O. The molecule has 0 unspecified atom stereocenters. The van der Waals surface area contributed by atoms with Gasteiger partial charge in [-0.15, -0.1) is 0 Å². The zero-order valence-corrected chi connectivity index (χ0v) is 9.61. The van der Waals surface area contributed by atoms with E-state index in [-0.39, 0.29) is 5.91 Å². The third-order valence-electron chi connectivity index (χ3n) is 1.85. The molecule has 0 aromatic rings. The van der Waals surface area contributed by atoms with Gasteiger partial charge in [-0.2, -0.15) is 5.11 Å². The molecule has 0 rings (SSSR count). The Hall–Kier alpha value is -1.04. The third kappa shape index (κ3) is 10.9. The first-order valence-electron chi connectivity index (χ1n) is 5.05. The fraction of sp³-hybridized carbons (Fsp3) is 0.778. The molecule has 0 fully saturated rings. The summed E-state index contributed by atoms with van der Waals surface area (Å²) >= 11 is 5.08. The summed E-state index contributed by atoms with van der Waals surface area (Å²) in [5.74, 6) is -0.278. The van der Waals surface area contributed by atoms with Crippen molar-refractivity contribution in [3.05, 3.63) is 0 Å². The van der Waals surface area contributed by atoms with E-state index >= 15 is 0 Å². The second kappa shape index (κ2) is 9.51. The van der Waals surface area contributed by atoms with Gasteiger partial charge < -0.3 is 11.1 Å². The van der Waals surface area contributed by atoms with Crippen LogP contribution >= 0.6 is 12.2 Å². The normalized spacial score (nSPS) is 9.60. The van der Waals surface area contributed by atoms with E-state index in [0.717, 1.165) is 30.7 Å². The highest BCUT2D eigenvalue weighted by Crippen LogP contribution is 1.97. The first-order chi connectivity index (χ1) is 7.16. The molecular formula is C9H18N4OS. The summed E-state index contributed by atoms with van der Waals surface area (Å²) in [5.41, 5.74) is 11.6. The lowest BCUT2D eigenvalue weighted by Crippen LogP contribution is -2.23. The molecule has 5 nitrogen and oxygen atoms in total. The van der Waals surface area contributed by atoms with Gasteiger partial charge in [0.25, 0.3) is 0 Å². The predicted molar refractivity (Wildman–Crippen MR) is 62.9 cm³/mol. The number of hydrogen-bond donors (Lipinski definition) is 3. The van der Waals surface area contributed by atoms with Gasteiger partial charge in [0.05, 0.1) is 11.5 Å². The molecule has 15 heavy (non-hydrogen) atoms. The number of carbonyl (C=O) groups is 1. The zero-order chi connectivity index (χ0) is 11.5. The van der Waals surface area contributed by atoms with E-state index in [0.29, 0.717) is 19.5 Å². The Kier molecular flexibility index (Phi) is 8.85. The molecule has 0 saturated carbocycles. The molecule has 0 aromatic carbocycles. The van der Waals surface area contributed by atoms with Crippen LogP contribution in [-0.4, -0.2) is 24.0 Å². The van der Waals surface area contributed by atoms with Crippen molar-refractivity contribution in [2.75, 3.05) is 13.1 Å². The summed E-state index contributed by atoms with van der Waals surface area (Å²) in [6.45, 7) is 1.27. The van der Waals surface area contributed by atoms with Gasteiger partial charge in [-0.05, 0) is 25.7 Å². The number of amides is 1. The summed E-state index contributed by atoms with van der Waals surface area (Å²) < 4.78 is 0. The number of nitrogens with two attached hydrogens (primary N) is 1. The summed E-state index contributed by atoms with van der Waals surface area (Å²) in [4.78, 5) is 11.2. The predicted octanol–water partition coefficient (Wildman–Crippen LogP) is 1.37. The number of nitrogens with one attached hydrogen (secondary N) is 2. The van der Waals surface area contributed by atoms with Crippen molar-refractivity contribution in [1.29, 1.82) is 5.53 Å². The Bertz CT molecular complexity index is 220. The van der Waals surface area contributed by atoms with Crippen molar-refractivity contribution >= 4 is 23.1 Å². The molecule has 0 heterocycles. The van der Waals surface area contributed by atoms with Crippen molar-refractivity contribution in [3.8, 4) is 0 Å².